The lowest BCUT2D eigenvalue weighted by Gasteiger charge is -2.27. The Morgan fingerprint density at radius 1 is 1.33 bits per heavy atom. The molecule has 0 radical (unpaired) electrons. The quantitative estimate of drug-likeness (QED) is 0.802. The van der Waals surface area contributed by atoms with Crippen molar-refractivity contribution in [1.29, 1.82) is 0 Å². The average Bonchev–Trinajstić information content (AvgIpc) is 2.68. The molecule has 0 bridgehead atoms. The molecule has 0 spiro atoms. The number of anilines is 2. The molecule has 0 saturated carbocycles. The highest BCUT2D eigenvalue weighted by molar-refractivity contribution is 5.70. The molecular weight excluding hydrogens is 268 g/mol. The van der Waals surface area contributed by atoms with Crippen LogP contribution in [0, 0.1) is 0 Å². The van der Waals surface area contributed by atoms with E-state index in [4.69, 9.17) is 9.47 Å². The molecule has 1 heterocycles. The lowest BCUT2D eigenvalue weighted by Crippen LogP contribution is -2.36. The van der Waals surface area contributed by atoms with Crippen LogP contribution in [0.3, 0.4) is 0 Å². The van der Waals surface area contributed by atoms with Crippen LogP contribution in [0.2, 0.25) is 0 Å². The predicted octanol–water partition coefficient (Wildman–Crippen LogP) is 1.72. The summed E-state index contributed by atoms with van der Waals surface area (Å²) in [6, 6.07) is 8.23. The zero-order valence-corrected chi connectivity index (χ0v) is 12.9. The summed E-state index contributed by atoms with van der Waals surface area (Å²) in [5.74, 6) is 0. The average molecular weight is 294 g/mol. The Hall–Kier alpha value is -1.30. The van der Waals surface area contributed by atoms with Crippen LogP contribution in [0.4, 0.5) is 11.4 Å². The highest BCUT2D eigenvalue weighted by atomic mass is 16.5. The van der Waals surface area contributed by atoms with Crippen molar-refractivity contribution >= 4 is 11.4 Å². The van der Waals surface area contributed by atoms with Gasteiger partial charge in [0.1, 0.15) is 0 Å². The van der Waals surface area contributed by atoms with E-state index < -0.39 is 6.10 Å². The number of aliphatic hydroxyl groups is 1. The van der Waals surface area contributed by atoms with Gasteiger partial charge in [0, 0.05) is 26.7 Å². The van der Waals surface area contributed by atoms with Crippen molar-refractivity contribution in [2.24, 2.45) is 0 Å². The predicted molar refractivity (Wildman–Crippen MR) is 85.1 cm³/mol. The molecule has 0 aliphatic carbocycles. The smallest absolute Gasteiger partial charge is 0.0948 e. The van der Waals surface area contributed by atoms with Crippen LogP contribution in [0.25, 0.3) is 0 Å². The van der Waals surface area contributed by atoms with Gasteiger partial charge in [0.05, 0.1) is 36.8 Å². The molecule has 0 amide bonds. The third-order valence-electron chi connectivity index (χ3n) is 3.57. The first-order valence-corrected chi connectivity index (χ1v) is 7.57. The fourth-order valence-electron chi connectivity index (χ4n) is 2.57. The zero-order valence-electron chi connectivity index (χ0n) is 12.9. The molecule has 5 heteroatoms. The number of para-hydroxylation sites is 2. The van der Waals surface area contributed by atoms with E-state index in [1.807, 2.05) is 19.1 Å². The first kappa shape index (κ1) is 16.1. The topological polar surface area (TPSA) is 54.0 Å². The second-order valence-electron chi connectivity index (χ2n) is 5.50. The molecular formula is C16H26N2O3. The summed E-state index contributed by atoms with van der Waals surface area (Å²) < 4.78 is 10.6. The number of nitrogens with zero attached hydrogens (tertiary/aromatic N) is 1. The van der Waals surface area contributed by atoms with Crippen molar-refractivity contribution in [2.45, 2.75) is 25.6 Å². The van der Waals surface area contributed by atoms with Gasteiger partial charge in [-0.2, -0.15) is 0 Å². The molecule has 1 aromatic rings. The molecule has 21 heavy (non-hydrogen) atoms. The van der Waals surface area contributed by atoms with Crippen molar-refractivity contribution in [3.8, 4) is 0 Å². The summed E-state index contributed by atoms with van der Waals surface area (Å²) >= 11 is 0. The maximum absolute atomic E-state index is 10.2. The fourth-order valence-corrected chi connectivity index (χ4v) is 2.57. The largest absolute Gasteiger partial charge is 0.389 e. The van der Waals surface area contributed by atoms with E-state index in [-0.39, 0.29) is 6.10 Å². The molecule has 1 aromatic carbocycles. The van der Waals surface area contributed by atoms with E-state index in [1.54, 1.807) is 7.11 Å². The van der Waals surface area contributed by atoms with E-state index >= 15 is 0 Å². The second-order valence-corrected chi connectivity index (χ2v) is 5.50. The number of hydrogen-bond donors (Lipinski definition) is 2. The number of β-amino-alcohol motifs (C(OH)–C–C–N with tert-alkyl or cyclic N) is 1. The maximum Gasteiger partial charge on any atom is 0.0948 e. The van der Waals surface area contributed by atoms with E-state index in [1.165, 1.54) is 0 Å². The SMILES string of the molecule is COCC(C)OCC(O)CN1CCCNc2ccccc21. The normalized spacial score (nSPS) is 17.6. The molecule has 2 rings (SSSR count). The van der Waals surface area contributed by atoms with Crippen molar-refractivity contribution < 1.29 is 14.6 Å². The van der Waals surface area contributed by atoms with Gasteiger partial charge in [-0.05, 0) is 25.5 Å². The van der Waals surface area contributed by atoms with Crippen molar-refractivity contribution in [3.05, 3.63) is 24.3 Å². The van der Waals surface area contributed by atoms with Gasteiger partial charge in [-0.1, -0.05) is 12.1 Å². The molecule has 0 saturated heterocycles. The van der Waals surface area contributed by atoms with Crippen LogP contribution < -0.4 is 10.2 Å². The molecule has 2 unspecified atom stereocenters. The van der Waals surface area contributed by atoms with Crippen LogP contribution in [0.15, 0.2) is 24.3 Å². The number of methoxy groups -OCH3 is 1. The van der Waals surface area contributed by atoms with Gasteiger partial charge in [0.15, 0.2) is 0 Å². The molecule has 0 aromatic heterocycles. The molecule has 0 fully saturated rings. The third-order valence-corrected chi connectivity index (χ3v) is 3.57. The minimum absolute atomic E-state index is 0.00253. The Morgan fingerprint density at radius 3 is 2.95 bits per heavy atom. The molecule has 2 atom stereocenters. The van der Waals surface area contributed by atoms with E-state index in [0.29, 0.717) is 19.8 Å². The summed E-state index contributed by atoms with van der Waals surface area (Å²) in [6.45, 7) is 5.30. The van der Waals surface area contributed by atoms with Gasteiger partial charge in [-0.25, -0.2) is 0 Å². The van der Waals surface area contributed by atoms with Gasteiger partial charge in [-0.15, -0.1) is 0 Å². The minimum atomic E-state index is -0.504. The van der Waals surface area contributed by atoms with Gasteiger partial charge in [0.2, 0.25) is 0 Å². The van der Waals surface area contributed by atoms with Crippen molar-refractivity contribution in [2.75, 3.05) is 50.2 Å². The van der Waals surface area contributed by atoms with Gasteiger partial charge >= 0.3 is 0 Å². The van der Waals surface area contributed by atoms with Crippen LogP contribution in [0.1, 0.15) is 13.3 Å². The fraction of sp³-hybridized carbons (Fsp3) is 0.625. The van der Waals surface area contributed by atoms with E-state index in [9.17, 15) is 5.11 Å². The van der Waals surface area contributed by atoms with E-state index in [2.05, 4.69) is 22.3 Å². The Kier molecular flexibility index (Phi) is 6.29. The summed E-state index contributed by atoms with van der Waals surface area (Å²) in [5.41, 5.74) is 2.29. The Balaban J connectivity index is 1.89. The summed E-state index contributed by atoms with van der Waals surface area (Å²) in [7, 11) is 1.65. The molecule has 5 nitrogen and oxygen atoms in total. The van der Waals surface area contributed by atoms with Gasteiger partial charge in [0.25, 0.3) is 0 Å². The lowest BCUT2D eigenvalue weighted by atomic mass is 10.2. The first-order chi connectivity index (χ1) is 10.2. The number of fused-ring (bicyclic) bond motifs is 1. The number of ether oxygens (including phenoxy) is 2. The summed E-state index contributed by atoms with van der Waals surface area (Å²) in [4.78, 5) is 2.23. The highest BCUT2D eigenvalue weighted by Gasteiger charge is 2.18. The van der Waals surface area contributed by atoms with Crippen LogP contribution in [-0.2, 0) is 9.47 Å². The van der Waals surface area contributed by atoms with Gasteiger partial charge < -0.3 is 24.8 Å². The Bertz CT molecular complexity index is 428. The monoisotopic (exact) mass is 294 g/mol. The standard InChI is InChI=1S/C16H26N2O3/c1-13(11-20-2)21-12-14(19)10-18-9-5-8-17-15-6-3-4-7-16(15)18/h3-4,6-7,13-14,17,19H,5,8-12H2,1-2H3. The number of aliphatic hydroxyl groups excluding tert-OH is 1. The van der Waals surface area contributed by atoms with Crippen molar-refractivity contribution in [3.63, 3.8) is 0 Å². The highest BCUT2D eigenvalue weighted by Crippen LogP contribution is 2.27. The zero-order chi connectivity index (χ0) is 15.1. The van der Waals surface area contributed by atoms with E-state index in [0.717, 1.165) is 30.9 Å². The first-order valence-electron chi connectivity index (χ1n) is 7.57. The molecule has 2 N–H and O–H groups in total. The minimum Gasteiger partial charge on any atom is -0.389 e. The molecule has 118 valence electrons. The number of rotatable bonds is 7. The third kappa shape index (κ3) is 4.88. The maximum atomic E-state index is 10.2. The van der Waals surface area contributed by atoms with Gasteiger partial charge in [-0.3, -0.25) is 0 Å². The second kappa shape index (κ2) is 8.22. The summed E-state index contributed by atoms with van der Waals surface area (Å²) in [5, 5.41) is 13.6. The lowest BCUT2D eigenvalue weighted by molar-refractivity contribution is -0.0295. The molecule has 1 aliphatic rings. The van der Waals surface area contributed by atoms with Crippen LogP contribution >= 0.6 is 0 Å². The van der Waals surface area contributed by atoms with Crippen LogP contribution in [-0.4, -0.2) is 57.3 Å². The number of benzene rings is 1. The molecule has 1 aliphatic heterocycles. The summed E-state index contributed by atoms with van der Waals surface area (Å²) in [6.07, 6.45) is 0.556. The Morgan fingerprint density at radius 2 is 2.14 bits per heavy atom. The number of nitrogens with one attached hydrogen (secondary N) is 1. The Labute approximate surface area is 126 Å². The van der Waals surface area contributed by atoms with Crippen molar-refractivity contribution in [1.82, 2.24) is 0 Å². The van der Waals surface area contributed by atoms with Crippen LogP contribution in [0.5, 0.6) is 0 Å². The number of hydrogen-bond acceptors (Lipinski definition) is 5.